The Bertz CT molecular complexity index is 1220. The highest BCUT2D eigenvalue weighted by atomic mass is 19.4. The van der Waals surface area contributed by atoms with Crippen molar-refractivity contribution < 1.29 is 17.9 Å². The van der Waals surface area contributed by atoms with Gasteiger partial charge in [0.2, 0.25) is 5.95 Å². The number of amidine groups is 1. The lowest BCUT2D eigenvalue weighted by Crippen LogP contribution is -2.41. The molecular formula is C23H27F3N8O2. The Hall–Kier alpha value is -3.32. The minimum atomic E-state index is -4.31. The SMILES string of the molecule is Cc1cc(-c2cc(C3=NC4C=CC(C(F)(F)F)CC4N3)c(=O)[nH]n2)nc(NCCN2CCOCC2)n1. The Morgan fingerprint density at radius 2 is 1.97 bits per heavy atom. The maximum Gasteiger partial charge on any atom is 0.395 e. The lowest BCUT2D eigenvalue weighted by molar-refractivity contribution is -0.164. The molecule has 3 aliphatic rings. The van der Waals surface area contributed by atoms with Crippen LogP contribution in [0.1, 0.15) is 17.7 Å². The zero-order chi connectivity index (χ0) is 25.3. The molecule has 0 bridgehead atoms. The Labute approximate surface area is 205 Å². The maximum atomic E-state index is 13.2. The highest BCUT2D eigenvalue weighted by molar-refractivity contribution is 6.00. The summed E-state index contributed by atoms with van der Waals surface area (Å²) in [5.74, 6) is -0.847. The number of rotatable bonds is 6. The molecule has 1 fully saturated rings. The summed E-state index contributed by atoms with van der Waals surface area (Å²) in [5.41, 5.74) is 1.32. The van der Waals surface area contributed by atoms with Crippen molar-refractivity contribution in [1.29, 1.82) is 0 Å². The molecule has 3 N–H and O–H groups in total. The van der Waals surface area contributed by atoms with Gasteiger partial charge in [-0.2, -0.15) is 18.3 Å². The predicted octanol–water partition coefficient (Wildman–Crippen LogP) is 1.50. The van der Waals surface area contributed by atoms with Crippen LogP contribution in [-0.4, -0.2) is 88.6 Å². The van der Waals surface area contributed by atoms with E-state index in [9.17, 15) is 18.0 Å². The minimum absolute atomic E-state index is 0.141. The third-order valence-electron chi connectivity index (χ3n) is 6.47. The second-order valence-electron chi connectivity index (χ2n) is 9.08. The van der Waals surface area contributed by atoms with Gasteiger partial charge in [-0.1, -0.05) is 12.2 Å². The molecule has 2 aromatic rings. The van der Waals surface area contributed by atoms with Crippen molar-refractivity contribution in [3.8, 4) is 11.4 Å². The molecule has 0 spiro atoms. The van der Waals surface area contributed by atoms with E-state index in [2.05, 4.69) is 40.7 Å². The van der Waals surface area contributed by atoms with Gasteiger partial charge in [-0.25, -0.2) is 15.1 Å². The molecule has 0 amide bonds. The molecule has 5 rings (SSSR count). The maximum absolute atomic E-state index is 13.2. The van der Waals surface area contributed by atoms with Crippen molar-refractivity contribution >= 4 is 11.8 Å². The number of aliphatic imine (C=N–C) groups is 1. The van der Waals surface area contributed by atoms with E-state index in [0.717, 1.165) is 38.9 Å². The molecule has 0 radical (unpaired) electrons. The largest absolute Gasteiger partial charge is 0.395 e. The third kappa shape index (κ3) is 5.41. The number of hydrogen-bond acceptors (Lipinski definition) is 9. The van der Waals surface area contributed by atoms with Gasteiger partial charge in [-0.05, 0) is 25.5 Å². The summed E-state index contributed by atoms with van der Waals surface area (Å²) in [6.45, 7) is 6.55. The van der Waals surface area contributed by atoms with Crippen molar-refractivity contribution in [3.05, 3.63) is 45.9 Å². The first-order valence-electron chi connectivity index (χ1n) is 11.9. The number of nitrogens with one attached hydrogen (secondary N) is 3. The van der Waals surface area contributed by atoms with Gasteiger partial charge in [-0.15, -0.1) is 0 Å². The van der Waals surface area contributed by atoms with Crippen molar-refractivity contribution in [1.82, 2.24) is 30.4 Å². The second-order valence-corrected chi connectivity index (χ2v) is 9.08. The summed E-state index contributed by atoms with van der Waals surface area (Å²) >= 11 is 0. The molecule has 13 heteroatoms. The van der Waals surface area contributed by atoms with Gasteiger partial charge in [-0.3, -0.25) is 14.7 Å². The number of alkyl halides is 3. The number of anilines is 1. The fourth-order valence-corrected chi connectivity index (χ4v) is 4.55. The van der Waals surface area contributed by atoms with Crippen molar-refractivity contribution in [2.75, 3.05) is 44.7 Å². The van der Waals surface area contributed by atoms with Crippen LogP contribution in [0.15, 0.2) is 34.1 Å². The van der Waals surface area contributed by atoms with E-state index < -0.39 is 29.7 Å². The quantitative estimate of drug-likeness (QED) is 0.507. The van der Waals surface area contributed by atoms with Gasteiger partial charge in [0.25, 0.3) is 5.56 Å². The highest BCUT2D eigenvalue weighted by Crippen LogP contribution is 2.36. The number of fused-ring (bicyclic) bond motifs is 1. The number of ether oxygens (including phenoxy) is 1. The first kappa shape index (κ1) is 24.4. The molecule has 10 nitrogen and oxygen atoms in total. The van der Waals surface area contributed by atoms with Crippen molar-refractivity contribution in [2.45, 2.75) is 31.6 Å². The Morgan fingerprint density at radius 1 is 1.17 bits per heavy atom. The molecule has 2 aliphatic heterocycles. The lowest BCUT2D eigenvalue weighted by atomic mass is 9.89. The predicted molar refractivity (Wildman–Crippen MR) is 127 cm³/mol. The van der Waals surface area contributed by atoms with Crippen LogP contribution in [0.2, 0.25) is 0 Å². The molecule has 3 unspecified atom stereocenters. The summed E-state index contributed by atoms with van der Waals surface area (Å²) < 4.78 is 44.8. The van der Waals surface area contributed by atoms with Crippen LogP contribution in [0.3, 0.4) is 0 Å². The highest BCUT2D eigenvalue weighted by Gasteiger charge is 2.44. The average molecular weight is 505 g/mol. The molecule has 192 valence electrons. The van der Waals surface area contributed by atoms with Crippen LogP contribution >= 0.6 is 0 Å². The van der Waals surface area contributed by atoms with Crippen LogP contribution in [-0.2, 0) is 4.74 Å². The second kappa shape index (κ2) is 9.97. The van der Waals surface area contributed by atoms with Crippen molar-refractivity contribution in [3.63, 3.8) is 0 Å². The van der Waals surface area contributed by atoms with Gasteiger partial charge < -0.3 is 15.4 Å². The van der Waals surface area contributed by atoms with Crippen LogP contribution in [0, 0.1) is 12.8 Å². The van der Waals surface area contributed by atoms with Crippen LogP contribution in [0.25, 0.3) is 11.4 Å². The van der Waals surface area contributed by atoms with E-state index in [1.165, 1.54) is 6.08 Å². The third-order valence-corrected chi connectivity index (χ3v) is 6.47. The van der Waals surface area contributed by atoms with E-state index >= 15 is 0 Å². The number of H-pyrrole nitrogens is 1. The monoisotopic (exact) mass is 504 g/mol. The van der Waals surface area contributed by atoms with E-state index in [1.54, 1.807) is 12.1 Å². The van der Waals surface area contributed by atoms with Gasteiger partial charge in [0.05, 0.1) is 42.5 Å². The van der Waals surface area contributed by atoms with Crippen LogP contribution < -0.4 is 16.2 Å². The fourth-order valence-electron chi connectivity index (χ4n) is 4.55. The molecule has 0 aromatic carbocycles. The molecule has 1 aliphatic carbocycles. The number of aromatic amines is 1. The molecular weight excluding hydrogens is 477 g/mol. The van der Waals surface area contributed by atoms with Gasteiger partial charge in [0, 0.05) is 31.9 Å². The van der Waals surface area contributed by atoms with E-state index in [0.29, 0.717) is 29.6 Å². The fraction of sp³-hybridized carbons (Fsp3) is 0.522. The molecule has 2 aromatic heterocycles. The van der Waals surface area contributed by atoms with E-state index in [1.807, 2.05) is 6.92 Å². The Morgan fingerprint density at radius 3 is 2.75 bits per heavy atom. The summed E-state index contributed by atoms with van der Waals surface area (Å²) in [7, 11) is 0. The number of halogens is 3. The number of nitrogens with zero attached hydrogens (tertiary/aromatic N) is 5. The van der Waals surface area contributed by atoms with Crippen LogP contribution in [0.4, 0.5) is 19.1 Å². The number of hydrogen-bond donors (Lipinski definition) is 3. The van der Waals surface area contributed by atoms with E-state index in [4.69, 9.17) is 4.74 Å². The molecule has 3 atom stereocenters. The molecule has 0 saturated carbocycles. The Kier molecular flexibility index (Phi) is 6.75. The Balaban J connectivity index is 1.31. The van der Waals surface area contributed by atoms with Gasteiger partial charge >= 0.3 is 6.18 Å². The first-order valence-corrected chi connectivity index (χ1v) is 11.9. The summed E-state index contributed by atoms with van der Waals surface area (Å²) in [6, 6.07) is 2.30. The van der Waals surface area contributed by atoms with Gasteiger partial charge in [0.1, 0.15) is 11.5 Å². The summed E-state index contributed by atoms with van der Waals surface area (Å²) in [6.07, 6.45) is -1.86. The van der Waals surface area contributed by atoms with Crippen molar-refractivity contribution in [2.24, 2.45) is 10.9 Å². The first-order chi connectivity index (χ1) is 17.3. The molecule has 1 saturated heterocycles. The number of aromatic nitrogens is 4. The van der Waals surface area contributed by atoms with Gasteiger partial charge in [0.15, 0.2) is 0 Å². The van der Waals surface area contributed by atoms with E-state index in [-0.39, 0.29) is 17.8 Å². The lowest BCUT2D eigenvalue weighted by Gasteiger charge is -2.27. The molecule has 36 heavy (non-hydrogen) atoms. The number of morpholine rings is 1. The normalized spacial score (nSPS) is 24.2. The zero-order valence-corrected chi connectivity index (χ0v) is 19.7. The zero-order valence-electron chi connectivity index (χ0n) is 19.7. The summed E-state index contributed by atoms with van der Waals surface area (Å²) in [5, 5.41) is 12.8. The minimum Gasteiger partial charge on any atom is -0.379 e. The number of allylic oxidation sites excluding steroid dienone is 1. The number of aryl methyl sites for hydroxylation is 1. The average Bonchev–Trinajstić information content (AvgIpc) is 3.27. The standard InChI is InChI=1S/C23H27F3N8O2/c1-13-10-17(31-22(28-13)27-4-5-34-6-8-36-9-7-34)19-12-15(21(35)33-32-19)20-29-16-3-2-14(23(24,25)26)11-18(16)30-20/h2-3,10,12,14,16,18H,4-9,11H2,1H3,(H,29,30)(H,33,35)(H,27,28,31). The smallest absolute Gasteiger partial charge is 0.379 e. The van der Waals surface area contributed by atoms with Crippen LogP contribution in [0.5, 0.6) is 0 Å². The topological polar surface area (TPSA) is 120 Å². The molecule has 4 heterocycles. The summed E-state index contributed by atoms with van der Waals surface area (Å²) in [4.78, 5) is 28.3.